The molecule has 0 aliphatic heterocycles. The summed E-state index contributed by atoms with van der Waals surface area (Å²) in [5.74, 6) is 0. The zero-order valence-electron chi connectivity index (χ0n) is 10.1. The number of sulfonamides is 1. The van der Waals surface area contributed by atoms with Crippen molar-refractivity contribution in [2.24, 2.45) is 10.8 Å². The lowest BCUT2D eigenvalue weighted by molar-refractivity contribution is 0.121. The molecule has 0 saturated heterocycles. The van der Waals surface area contributed by atoms with E-state index in [2.05, 4.69) is 39.3 Å². The zero-order valence-corrected chi connectivity index (χ0v) is 11.0. The van der Waals surface area contributed by atoms with Crippen molar-refractivity contribution in [3.63, 3.8) is 0 Å². The van der Waals surface area contributed by atoms with Crippen LogP contribution in [0.5, 0.6) is 0 Å². The molecule has 1 N–H and O–H groups in total. The first-order chi connectivity index (χ1) is 5.96. The van der Waals surface area contributed by atoms with E-state index in [0.29, 0.717) is 6.54 Å². The molecule has 0 saturated carbocycles. The SMILES string of the molecule is CC(C)(C)C(C)(C)CCNS(C)(=O)=O. The lowest BCUT2D eigenvalue weighted by atomic mass is 9.67. The molecule has 0 atom stereocenters. The number of rotatable bonds is 4. The van der Waals surface area contributed by atoms with Crippen molar-refractivity contribution in [3.8, 4) is 0 Å². The van der Waals surface area contributed by atoms with Gasteiger partial charge in [-0.1, -0.05) is 34.6 Å². The Morgan fingerprint density at radius 1 is 1.07 bits per heavy atom. The Balaban J connectivity index is 4.15. The molecule has 0 amide bonds. The third kappa shape index (κ3) is 4.96. The zero-order chi connectivity index (χ0) is 11.6. The van der Waals surface area contributed by atoms with Gasteiger partial charge in [0.2, 0.25) is 10.0 Å². The van der Waals surface area contributed by atoms with Gasteiger partial charge >= 0.3 is 0 Å². The number of nitrogens with one attached hydrogen (secondary N) is 1. The summed E-state index contributed by atoms with van der Waals surface area (Å²) >= 11 is 0. The molecule has 0 bridgehead atoms. The van der Waals surface area contributed by atoms with Crippen LogP contribution in [0.3, 0.4) is 0 Å². The van der Waals surface area contributed by atoms with E-state index in [4.69, 9.17) is 0 Å². The molecule has 0 unspecified atom stereocenters. The quantitative estimate of drug-likeness (QED) is 0.789. The molecule has 0 spiro atoms. The fraction of sp³-hybridized carbons (Fsp3) is 1.00. The topological polar surface area (TPSA) is 46.2 Å². The molecule has 0 heterocycles. The van der Waals surface area contributed by atoms with Gasteiger partial charge in [0.15, 0.2) is 0 Å². The Kier molecular flexibility index (Phi) is 4.16. The van der Waals surface area contributed by atoms with Gasteiger partial charge < -0.3 is 0 Å². The third-order valence-corrected chi connectivity index (χ3v) is 3.87. The second-order valence-corrected chi connectivity index (χ2v) is 7.38. The van der Waals surface area contributed by atoms with Gasteiger partial charge in [0.1, 0.15) is 0 Å². The first kappa shape index (κ1) is 13.9. The Bertz CT molecular complexity index is 273. The predicted octanol–water partition coefficient (Wildman–Crippen LogP) is 2.00. The van der Waals surface area contributed by atoms with Crippen molar-refractivity contribution >= 4 is 10.0 Å². The molecule has 0 aromatic heterocycles. The van der Waals surface area contributed by atoms with Crippen molar-refractivity contribution in [2.45, 2.75) is 41.0 Å². The van der Waals surface area contributed by atoms with Crippen LogP contribution in [0.4, 0.5) is 0 Å². The van der Waals surface area contributed by atoms with Gasteiger partial charge in [-0.2, -0.15) is 0 Å². The Morgan fingerprint density at radius 3 is 1.79 bits per heavy atom. The third-order valence-electron chi connectivity index (χ3n) is 3.14. The molecule has 0 aliphatic rings. The summed E-state index contributed by atoms with van der Waals surface area (Å²) in [7, 11) is -3.04. The molecular formula is C10H23NO2S. The van der Waals surface area contributed by atoms with Crippen molar-refractivity contribution in [1.29, 1.82) is 0 Å². The van der Waals surface area contributed by atoms with Crippen LogP contribution in [0, 0.1) is 10.8 Å². The molecule has 14 heavy (non-hydrogen) atoms. The molecular weight excluding hydrogens is 198 g/mol. The van der Waals surface area contributed by atoms with E-state index >= 15 is 0 Å². The molecule has 0 rings (SSSR count). The summed E-state index contributed by atoms with van der Waals surface area (Å²) in [6.45, 7) is 11.4. The van der Waals surface area contributed by atoms with Crippen LogP contribution in [0.25, 0.3) is 0 Å². The van der Waals surface area contributed by atoms with E-state index in [1.54, 1.807) is 0 Å². The van der Waals surface area contributed by atoms with E-state index in [1.165, 1.54) is 6.26 Å². The highest BCUT2D eigenvalue weighted by molar-refractivity contribution is 7.88. The van der Waals surface area contributed by atoms with E-state index < -0.39 is 10.0 Å². The first-order valence-corrected chi connectivity index (χ1v) is 6.79. The van der Waals surface area contributed by atoms with Crippen molar-refractivity contribution in [2.75, 3.05) is 12.8 Å². The lowest BCUT2D eigenvalue weighted by Gasteiger charge is -2.39. The second kappa shape index (κ2) is 4.19. The lowest BCUT2D eigenvalue weighted by Crippen LogP contribution is -2.34. The summed E-state index contributed by atoms with van der Waals surface area (Å²) in [4.78, 5) is 0. The Hall–Kier alpha value is -0.0900. The van der Waals surface area contributed by atoms with Crippen molar-refractivity contribution < 1.29 is 8.42 Å². The minimum atomic E-state index is -3.04. The Morgan fingerprint density at radius 2 is 1.50 bits per heavy atom. The van der Waals surface area contributed by atoms with Crippen molar-refractivity contribution in [1.82, 2.24) is 4.72 Å². The summed E-state index contributed by atoms with van der Waals surface area (Å²) in [6, 6.07) is 0. The molecule has 0 aromatic carbocycles. The van der Waals surface area contributed by atoms with Crippen LogP contribution in [-0.2, 0) is 10.0 Å². The fourth-order valence-corrected chi connectivity index (χ4v) is 1.40. The Labute approximate surface area is 88.3 Å². The maximum Gasteiger partial charge on any atom is 0.208 e. The minimum absolute atomic E-state index is 0.130. The molecule has 4 heteroatoms. The first-order valence-electron chi connectivity index (χ1n) is 4.90. The minimum Gasteiger partial charge on any atom is -0.215 e. The highest BCUT2D eigenvalue weighted by Crippen LogP contribution is 2.40. The molecule has 0 aromatic rings. The van der Waals surface area contributed by atoms with Crippen LogP contribution in [0.1, 0.15) is 41.0 Å². The van der Waals surface area contributed by atoms with Crippen LogP contribution in [0.15, 0.2) is 0 Å². The van der Waals surface area contributed by atoms with Gasteiger partial charge in [-0.3, -0.25) is 0 Å². The highest BCUT2D eigenvalue weighted by Gasteiger charge is 2.32. The predicted molar refractivity (Wildman–Crippen MR) is 60.7 cm³/mol. The fourth-order valence-electron chi connectivity index (χ4n) is 0.924. The smallest absolute Gasteiger partial charge is 0.208 e. The highest BCUT2D eigenvalue weighted by atomic mass is 32.2. The largest absolute Gasteiger partial charge is 0.215 e. The summed E-state index contributed by atoms with van der Waals surface area (Å²) < 4.78 is 24.2. The maximum atomic E-state index is 10.9. The van der Waals surface area contributed by atoms with Gasteiger partial charge in [0, 0.05) is 6.54 Å². The van der Waals surface area contributed by atoms with Gasteiger partial charge in [-0.05, 0) is 17.3 Å². The van der Waals surface area contributed by atoms with Gasteiger partial charge in [-0.25, -0.2) is 13.1 Å². The standard InChI is InChI=1S/C10H23NO2S/c1-9(2,3)10(4,5)7-8-11-14(6,12)13/h11H,7-8H2,1-6H3. The van der Waals surface area contributed by atoms with Crippen molar-refractivity contribution in [3.05, 3.63) is 0 Å². The van der Waals surface area contributed by atoms with E-state index in [-0.39, 0.29) is 10.8 Å². The molecule has 86 valence electrons. The maximum absolute atomic E-state index is 10.9. The second-order valence-electron chi connectivity index (χ2n) is 5.55. The molecule has 0 radical (unpaired) electrons. The molecule has 0 aliphatic carbocycles. The number of hydrogen-bond donors (Lipinski definition) is 1. The van der Waals surface area contributed by atoms with Gasteiger partial charge in [0.25, 0.3) is 0 Å². The molecule has 0 fully saturated rings. The van der Waals surface area contributed by atoms with E-state index in [0.717, 1.165) is 6.42 Å². The average molecular weight is 221 g/mol. The van der Waals surface area contributed by atoms with Crippen LogP contribution >= 0.6 is 0 Å². The summed E-state index contributed by atoms with van der Waals surface area (Å²) in [5, 5.41) is 0. The van der Waals surface area contributed by atoms with E-state index in [1.807, 2.05) is 0 Å². The van der Waals surface area contributed by atoms with Crippen LogP contribution in [0.2, 0.25) is 0 Å². The number of hydrogen-bond acceptors (Lipinski definition) is 2. The molecule has 3 nitrogen and oxygen atoms in total. The van der Waals surface area contributed by atoms with Gasteiger partial charge in [0.05, 0.1) is 6.26 Å². The van der Waals surface area contributed by atoms with Crippen LogP contribution in [-0.4, -0.2) is 21.2 Å². The normalized spacial score (nSPS) is 14.4. The van der Waals surface area contributed by atoms with Gasteiger partial charge in [-0.15, -0.1) is 0 Å². The summed E-state index contributed by atoms with van der Waals surface area (Å²) in [5.41, 5.74) is 0.316. The van der Waals surface area contributed by atoms with E-state index in [9.17, 15) is 8.42 Å². The average Bonchev–Trinajstić information content (AvgIpc) is 1.80. The van der Waals surface area contributed by atoms with Crippen LogP contribution < -0.4 is 4.72 Å². The monoisotopic (exact) mass is 221 g/mol. The summed E-state index contributed by atoms with van der Waals surface area (Å²) in [6.07, 6.45) is 2.04.